The second-order valence-electron chi connectivity index (χ2n) is 4.96. The number of aryl methyl sites for hydroxylation is 1. The van der Waals surface area contributed by atoms with Crippen LogP contribution in [0.1, 0.15) is 18.9 Å². The lowest BCUT2D eigenvalue weighted by atomic mass is 10.1. The molecule has 0 radical (unpaired) electrons. The van der Waals surface area contributed by atoms with Crippen molar-refractivity contribution in [2.45, 2.75) is 20.3 Å². The molecule has 3 nitrogen and oxygen atoms in total. The summed E-state index contributed by atoms with van der Waals surface area (Å²) < 4.78 is 5.88. The zero-order valence-electron chi connectivity index (χ0n) is 11.8. The van der Waals surface area contributed by atoms with Crippen LogP contribution in [0.25, 0.3) is 22.6 Å². The van der Waals surface area contributed by atoms with E-state index in [9.17, 15) is 0 Å². The first kappa shape index (κ1) is 12.7. The van der Waals surface area contributed by atoms with Gasteiger partial charge in [-0.2, -0.15) is 0 Å². The summed E-state index contributed by atoms with van der Waals surface area (Å²) in [5.41, 5.74) is 5.00. The third-order valence-electron chi connectivity index (χ3n) is 3.27. The number of para-hydroxylation sites is 1. The normalized spacial score (nSPS) is 10.9. The van der Waals surface area contributed by atoms with Crippen LogP contribution in [-0.2, 0) is 0 Å². The summed E-state index contributed by atoms with van der Waals surface area (Å²) >= 11 is 0. The molecule has 0 fully saturated rings. The van der Waals surface area contributed by atoms with Crippen molar-refractivity contribution < 1.29 is 4.42 Å². The Bertz CT molecular complexity index is 731. The van der Waals surface area contributed by atoms with Crippen molar-refractivity contribution in [3.63, 3.8) is 0 Å². The second kappa shape index (κ2) is 5.37. The van der Waals surface area contributed by atoms with Gasteiger partial charge in [0.1, 0.15) is 5.52 Å². The predicted octanol–water partition coefficient (Wildman–Crippen LogP) is 4.63. The highest BCUT2D eigenvalue weighted by Crippen LogP contribution is 2.30. The van der Waals surface area contributed by atoms with Gasteiger partial charge in [0.2, 0.25) is 5.89 Å². The molecular formula is C17H18N2O. The van der Waals surface area contributed by atoms with Crippen molar-refractivity contribution in [3.8, 4) is 11.5 Å². The van der Waals surface area contributed by atoms with Crippen LogP contribution in [0.4, 0.5) is 5.69 Å². The summed E-state index contributed by atoms with van der Waals surface area (Å²) in [7, 11) is 0. The van der Waals surface area contributed by atoms with Gasteiger partial charge in [0, 0.05) is 12.2 Å². The molecule has 102 valence electrons. The van der Waals surface area contributed by atoms with Gasteiger partial charge in [-0.05, 0) is 43.2 Å². The summed E-state index contributed by atoms with van der Waals surface area (Å²) in [5, 5.41) is 3.42. The van der Waals surface area contributed by atoms with Gasteiger partial charge in [0.15, 0.2) is 5.58 Å². The smallest absolute Gasteiger partial charge is 0.229 e. The first-order valence-corrected chi connectivity index (χ1v) is 6.98. The first-order valence-electron chi connectivity index (χ1n) is 6.98. The van der Waals surface area contributed by atoms with E-state index in [4.69, 9.17) is 4.42 Å². The molecule has 20 heavy (non-hydrogen) atoms. The van der Waals surface area contributed by atoms with Crippen molar-refractivity contribution in [2.75, 3.05) is 11.9 Å². The van der Waals surface area contributed by atoms with E-state index in [0.29, 0.717) is 5.89 Å². The molecule has 0 bridgehead atoms. The number of aromatic nitrogens is 1. The van der Waals surface area contributed by atoms with Gasteiger partial charge in [0.05, 0.1) is 5.56 Å². The number of oxazole rings is 1. The Morgan fingerprint density at radius 3 is 2.85 bits per heavy atom. The molecule has 0 aliphatic carbocycles. The Labute approximate surface area is 118 Å². The molecule has 0 amide bonds. The van der Waals surface area contributed by atoms with E-state index < -0.39 is 0 Å². The SMILES string of the molecule is CCCNc1ccccc1-c1nc2cc(C)ccc2o1. The molecule has 3 aromatic rings. The number of nitrogens with zero attached hydrogens (tertiary/aromatic N) is 1. The summed E-state index contributed by atoms with van der Waals surface area (Å²) in [6.45, 7) is 5.15. The standard InChI is InChI=1S/C17H18N2O/c1-3-10-18-14-7-5-4-6-13(14)17-19-15-11-12(2)8-9-16(15)20-17/h4-9,11,18H,3,10H2,1-2H3. The number of nitrogens with one attached hydrogen (secondary N) is 1. The minimum absolute atomic E-state index is 0.671. The minimum Gasteiger partial charge on any atom is -0.436 e. The maximum Gasteiger partial charge on any atom is 0.229 e. The molecule has 2 aromatic carbocycles. The second-order valence-corrected chi connectivity index (χ2v) is 4.96. The van der Waals surface area contributed by atoms with Gasteiger partial charge in [0.25, 0.3) is 0 Å². The van der Waals surface area contributed by atoms with E-state index in [1.807, 2.05) is 36.4 Å². The number of benzene rings is 2. The number of rotatable bonds is 4. The van der Waals surface area contributed by atoms with Crippen LogP contribution in [-0.4, -0.2) is 11.5 Å². The lowest BCUT2D eigenvalue weighted by molar-refractivity contribution is 0.620. The Balaban J connectivity index is 2.06. The van der Waals surface area contributed by atoms with Crippen LogP contribution in [0, 0.1) is 6.92 Å². The molecule has 0 atom stereocenters. The fourth-order valence-electron chi connectivity index (χ4n) is 2.24. The van der Waals surface area contributed by atoms with E-state index in [1.165, 1.54) is 5.56 Å². The molecule has 0 spiro atoms. The molecule has 3 rings (SSSR count). The van der Waals surface area contributed by atoms with Crippen molar-refractivity contribution >= 4 is 16.8 Å². The van der Waals surface area contributed by atoms with Crippen LogP contribution < -0.4 is 5.32 Å². The number of hydrogen-bond donors (Lipinski definition) is 1. The monoisotopic (exact) mass is 266 g/mol. The highest BCUT2D eigenvalue weighted by atomic mass is 16.3. The van der Waals surface area contributed by atoms with E-state index >= 15 is 0 Å². The van der Waals surface area contributed by atoms with E-state index in [2.05, 4.69) is 30.2 Å². The average molecular weight is 266 g/mol. The molecule has 1 aromatic heterocycles. The lowest BCUT2D eigenvalue weighted by Crippen LogP contribution is -2.01. The van der Waals surface area contributed by atoms with Crippen LogP contribution in [0.2, 0.25) is 0 Å². The largest absolute Gasteiger partial charge is 0.436 e. The Morgan fingerprint density at radius 1 is 1.15 bits per heavy atom. The Hall–Kier alpha value is -2.29. The van der Waals surface area contributed by atoms with Crippen molar-refractivity contribution in [1.29, 1.82) is 0 Å². The number of anilines is 1. The van der Waals surface area contributed by atoms with Gasteiger partial charge in [-0.15, -0.1) is 0 Å². The summed E-state index contributed by atoms with van der Waals surface area (Å²) in [4.78, 5) is 4.61. The molecule has 0 aliphatic heterocycles. The summed E-state index contributed by atoms with van der Waals surface area (Å²) in [5.74, 6) is 0.671. The van der Waals surface area contributed by atoms with Gasteiger partial charge in [-0.3, -0.25) is 0 Å². The topological polar surface area (TPSA) is 38.1 Å². The average Bonchev–Trinajstić information content (AvgIpc) is 2.88. The zero-order chi connectivity index (χ0) is 13.9. The molecule has 1 N–H and O–H groups in total. The maximum atomic E-state index is 5.88. The van der Waals surface area contributed by atoms with Crippen molar-refractivity contribution in [3.05, 3.63) is 48.0 Å². The lowest BCUT2D eigenvalue weighted by Gasteiger charge is -2.08. The van der Waals surface area contributed by atoms with Crippen LogP contribution in [0.3, 0.4) is 0 Å². The summed E-state index contributed by atoms with van der Waals surface area (Å²) in [6.07, 6.45) is 1.08. The molecule has 0 aliphatic rings. The number of fused-ring (bicyclic) bond motifs is 1. The third-order valence-corrected chi connectivity index (χ3v) is 3.27. The maximum absolute atomic E-state index is 5.88. The van der Waals surface area contributed by atoms with Crippen LogP contribution in [0.5, 0.6) is 0 Å². The molecule has 3 heteroatoms. The van der Waals surface area contributed by atoms with Gasteiger partial charge >= 0.3 is 0 Å². The molecule has 0 saturated heterocycles. The highest BCUT2D eigenvalue weighted by Gasteiger charge is 2.11. The molecule has 0 saturated carbocycles. The quantitative estimate of drug-likeness (QED) is 0.748. The van der Waals surface area contributed by atoms with E-state index in [0.717, 1.165) is 35.3 Å². The first-order chi connectivity index (χ1) is 9.78. The molecule has 0 unspecified atom stereocenters. The zero-order valence-corrected chi connectivity index (χ0v) is 11.8. The minimum atomic E-state index is 0.671. The fraction of sp³-hybridized carbons (Fsp3) is 0.235. The molecule has 1 heterocycles. The van der Waals surface area contributed by atoms with E-state index in [-0.39, 0.29) is 0 Å². The highest BCUT2D eigenvalue weighted by molar-refractivity contribution is 5.80. The van der Waals surface area contributed by atoms with Crippen LogP contribution >= 0.6 is 0 Å². The third kappa shape index (κ3) is 2.39. The van der Waals surface area contributed by atoms with Gasteiger partial charge in [-0.25, -0.2) is 4.98 Å². The number of hydrogen-bond acceptors (Lipinski definition) is 3. The van der Waals surface area contributed by atoms with Crippen molar-refractivity contribution in [2.24, 2.45) is 0 Å². The fourth-order valence-corrected chi connectivity index (χ4v) is 2.24. The molecular weight excluding hydrogens is 248 g/mol. The predicted molar refractivity (Wildman–Crippen MR) is 83.0 cm³/mol. The van der Waals surface area contributed by atoms with Crippen LogP contribution in [0.15, 0.2) is 46.9 Å². The van der Waals surface area contributed by atoms with Gasteiger partial charge in [-0.1, -0.05) is 25.1 Å². The van der Waals surface area contributed by atoms with Crippen molar-refractivity contribution in [1.82, 2.24) is 4.98 Å². The Morgan fingerprint density at radius 2 is 2.00 bits per heavy atom. The van der Waals surface area contributed by atoms with Gasteiger partial charge < -0.3 is 9.73 Å². The Kier molecular flexibility index (Phi) is 3.42. The summed E-state index contributed by atoms with van der Waals surface area (Å²) in [6, 6.07) is 14.2. The van der Waals surface area contributed by atoms with E-state index in [1.54, 1.807) is 0 Å².